The molecule has 0 saturated heterocycles. The van der Waals surface area contributed by atoms with E-state index in [1.54, 1.807) is 6.92 Å². The Hall–Kier alpha value is -4.07. The lowest BCUT2D eigenvalue weighted by Crippen LogP contribution is -2.50. The Morgan fingerprint density at radius 2 is 1.62 bits per heavy atom. The molecule has 1 heterocycles. The first kappa shape index (κ1) is 30.9. The van der Waals surface area contributed by atoms with E-state index >= 15 is 0 Å². The van der Waals surface area contributed by atoms with Gasteiger partial charge in [-0.3, -0.25) is 4.79 Å². The van der Waals surface area contributed by atoms with Gasteiger partial charge >= 0.3 is 6.03 Å². The number of ether oxygens (including phenoxy) is 1. The van der Waals surface area contributed by atoms with Crippen LogP contribution in [0.15, 0.2) is 71.6 Å². The van der Waals surface area contributed by atoms with Crippen LogP contribution in [0.5, 0.6) is 5.75 Å². The standard InChI is InChI=1S/C29H32F2N4O6S/c1-18-15-35(19(2)17-36)28(37)25-14-23(33-29(38)32-22-8-4-20(30)5-9-22)10-13-26(25)41-27(18)16-34(3)42(39,40)24-11-6-21(31)7-12-24/h4-14,18-19,27,36H,15-17H2,1-3H3,(H2,32,33,38)/t18-,19-,27-/m1/s1. The molecule has 1 aliphatic heterocycles. The maximum atomic E-state index is 13.6. The first-order chi connectivity index (χ1) is 19.9. The number of rotatable bonds is 8. The van der Waals surface area contributed by atoms with Crippen LogP contribution in [-0.2, 0) is 10.0 Å². The van der Waals surface area contributed by atoms with Crippen LogP contribution in [0.1, 0.15) is 24.2 Å². The molecule has 224 valence electrons. The molecule has 0 aromatic heterocycles. The first-order valence-electron chi connectivity index (χ1n) is 13.2. The number of nitrogens with zero attached hydrogens (tertiary/aromatic N) is 2. The molecule has 0 aliphatic carbocycles. The van der Waals surface area contributed by atoms with Crippen LogP contribution in [0.25, 0.3) is 0 Å². The first-order valence-corrected chi connectivity index (χ1v) is 14.6. The summed E-state index contributed by atoms with van der Waals surface area (Å²) in [5.41, 5.74) is 0.734. The Bertz CT molecular complexity index is 1540. The van der Waals surface area contributed by atoms with Crippen LogP contribution in [0, 0.1) is 17.6 Å². The second-order valence-electron chi connectivity index (χ2n) is 10.2. The molecule has 1 aliphatic rings. The second-order valence-corrected chi connectivity index (χ2v) is 12.2. The molecule has 0 spiro atoms. The summed E-state index contributed by atoms with van der Waals surface area (Å²) < 4.78 is 60.2. The molecule has 0 bridgehead atoms. The van der Waals surface area contributed by atoms with Crippen LogP contribution >= 0.6 is 0 Å². The third-order valence-electron chi connectivity index (χ3n) is 6.98. The zero-order valence-corrected chi connectivity index (χ0v) is 24.1. The highest BCUT2D eigenvalue weighted by atomic mass is 32.2. The molecule has 3 aromatic rings. The Balaban J connectivity index is 1.61. The van der Waals surface area contributed by atoms with Crippen LogP contribution in [0.3, 0.4) is 0 Å². The lowest BCUT2D eigenvalue weighted by Gasteiger charge is -2.38. The van der Waals surface area contributed by atoms with E-state index in [1.165, 1.54) is 66.5 Å². The SMILES string of the molecule is C[C@@H]1CN([C@H](C)CO)C(=O)c2cc(NC(=O)Nc3ccc(F)cc3)ccc2O[C@@H]1CN(C)S(=O)(=O)c1ccc(F)cc1. The maximum absolute atomic E-state index is 13.6. The van der Waals surface area contributed by atoms with Gasteiger partial charge in [-0.1, -0.05) is 6.92 Å². The van der Waals surface area contributed by atoms with E-state index in [-0.39, 0.29) is 47.5 Å². The van der Waals surface area contributed by atoms with Crippen LogP contribution in [-0.4, -0.2) is 73.6 Å². The summed E-state index contributed by atoms with van der Waals surface area (Å²) in [6.07, 6.45) is -0.717. The van der Waals surface area contributed by atoms with Crippen molar-refractivity contribution in [2.45, 2.75) is 30.9 Å². The van der Waals surface area contributed by atoms with Crippen molar-refractivity contribution in [2.75, 3.05) is 37.4 Å². The molecule has 13 heteroatoms. The second kappa shape index (κ2) is 12.8. The fourth-order valence-electron chi connectivity index (χ4n) is 4.48. The number of benzene rings is 3. The number of aliphatic hydroxyl groups is 1. The minimum Gasteiger partial charge on any atom is -0.488 e. The topological polar surface area (TPSA) is 128 Å². The molecule has 4 rings (SSSR count). The quantitative estimate of drug-likeness (QED) is 0.356. The number of anilines is 2. The summed E-state index contributed by atoms with van der Waals surface area (Å²) in [7, 11) is -2.59. The maximum Gasteiger partial charge on any atom is 0.323 e. The third kappa shape index (κ3) is 7.04. The fraction of sp³-hybridized carbons (Fsp3) is 0.310. The predicted octanol–water partition coefficient (Wildman–Crippen LogP) is 4.15. The Morgan fingerprint density at radius 1 is 1.05 bits per heavy atom. The zero-order valence-electron chi connectivity index (χ0n) is 23.3. The summed E-state index contributed by atoms with van der Waals surface area (Å²) in [4.78, 5) is 27.6. The number of sulfonamides is 1. The smallest absolute Gasteiger partial charge is 0.323 e. The lowest BCUT2D eigenvalue weighted by molar-refractivity contribution is 0.0387. The van der Waals surface area contributed by atoms with Crippen molar-refractivity contribution < 1.29 is 36.6 Å². The highest BCUT2D eigenvalue weighted by Crippen LogP contribution is 2.31. The molecular formula is C29H32F2N4O6S. The highest BCUT2D eigenvalue weighted by molar-refractivity contribution is 7.89. The fourth-order valence-corrected chi connectivity index (χ4v) is 5.67. The summed E-state index contributed by atoms with van der Waals surface area (Å²) in [5, 5.41) is 15.1. The van der Waals surface area contributed by atoms with E-state index in [0.717, 1.165) is 16.4 Å². The van der Waals surface area contributed by atoms with Gasteiger partial charge in [-0.2, -0.15) is 4.31 Å². The number of carbonyl (C=O) groups excluding carboxylic acids is 2. The average molecular weight is 603 g/mol. The van der Waals surface area contributed by atoms with Gasteiger partial charge in [0, 0.05) is 30.9 Å². The molecule has 3 aromatic carbocycles. The molecular weight excluding hydrogens is 570 g/mol. The normalized spacial score (nSPS) is 18.0. The molecule has 0 fully saturated rings. The number of aliphatic hydroxyl groups excluding tert-OH is 1. The minimum atomic E-state index is -3.98. The number of halogens is 2. The van der Waals surface area contributed by atoms with E-state index in [0.29, 0.717) is 5.69 Å². The van der Waals surface area contributed by atoms with Crippen molar-refractivity contribution >= 4 is 33.3 Å². The predicted molar refractivity (Wildman–Crippen MR) is 153 cm³/mol. The van der Waals surface area contributed by atoms with Crippen LogP contribution in [0.2, 0.25) is 0 Å². The van der Waals surface area contributed by atoms with Crippen molar-refractivity contribution in [3.05, 3.63) is 83.9 Å². The summed E-state index contributed by atoms with van der Waals surface area (Å²) in [6.45, 7) is 3.25. The van der Waals surface area contributed by atoms with Crippen molar-refractivity contribution in [2.24, 2.45) is 5.92 Å². The lowest BCUT2D eigenvalue weighted by atomic mass is 9.99. The zero-order chi connectivity index (χ0) is 30.6. The Kier molecular flexibility index (Phi) is 9.44. The molecule has 3 atom stereocenters. The molecule has 3 amide bonds. The molecule has 0 saturated carbocycles. The average Bonchev–Trinajstić information content (AvgIpc) is 2.96. The molecule has 10 nitrogen and oxygen atoms in total. The number of amides is 3. The third-order valence-corrected chi connectivity index (χ3v) is 8.82. The minimum absolute atomic E-state index is 0.0781. The van der Waals surface area contributed by atoms with Gasteiger partial charge in [0.05, 0.1) is 29.7 Å². The van der Waals surface area contributed by atoms with Crippen molar-refractivity contribution in [3.8, 4) is 5.75 Å². The van der Waals surface area contributed by atoms with Crippen LogP contribution in [0.4, 0.5) is 25.0 Å². The summed E-state index contributed by atoms with van der Waals surface area (Å²) in [6, 6.07) is 13.0. The van der Waals surface area contributed by atoms with Crippen LogP contribution < -0.4 is 15.4 Å². The van der Waals surface area contributed by atoms with Gasteiger partial charge in [0.15, 0.2) is 0 Å². The number of nitrogens with one attached hydrogen (secondary N) is 2. The number of likely N-dealkylation sites (N-methyl/N-ethyl adjacent to an activating group) is 1. The number of hydrogen-bond acceptors (Lipinski definition) is 6. The number of fused-ring (bicyclic) bond motifs is 1. The van der Waals surface area contributed by atoms with E-state index in [1.807, 2.05) is 6.92 Å². The van der Waals surface area contributed by atoms with E-state index in [9.17, 15) is 31.9 Å². The van der Waals surface area contributed by atoms with Crippen molar-refractivity contribution in [1.29, 1.82) is 0 Å². The summed E-state index contributed by atoms with van der Waals surface area (Å²) in [5.74, 6) is -1.64. The Morgan fingerprint density at radius 3 is 2.24 bits per heavy atom. The van der Waals surface area contributed by atoms with Gasteiger partial charge in [0.25, 0.3) is 5.91 Å². The number of hydrogen-bond donors (Lipinski definition) is 3. The van der Waals surface area contributed by atoms with Crippen molar-refractivity contribution in [3.63, 3.8) is 0 Å². The number of urea groups is 1. The van der Waals surface area contributed by atoms with Crippen molar-refractivity contribution in [1.82, 2.24) is 9.21 Å². The monoisotopic (exact) mass is 602 g/mol. The largest absolute Gasteiger partial charge is 0.488 e. The van der Waals surface area contributed by atoms with Gasteiger partial charge in [-0.25, -0.2) is 22.0 Å². The van der Waals surface area contributed by atoms with E-state index < -0.39 is 45.7 Å². The number of carbonyl (C=O) groups is 2. The molecule has 42 heavy (non-hydrogen) atoms. The van der Waals surface area contributed by atoms with Gasteiger partial charge < -0.3 is 25.4 Å². The van der Waals surface area contributed by atoms with Gasteiger partial charge in [0.1, 0.15) is 23.5 Å². The van der Waals surface area contributed by atoms with Gasteiger partial charge in [0.2, 0.25) is 10.0 Å². The van der Waals surface area contributed by atoms with Gasteiger partial charge in [-0.15, -0.1) is 0 Å². The summed E-state index contributed by atoms with van der Waals surface area (Å²) >= 11 is 0. The Labute approximate surface area is 242 Å². The molecule has 0 unspecified atom stereocenters. The van der Waals surface area contributed by atoms with Gasteiger partial charge in [-0.05, 0) is 73.7 Å². The van der Waals surface area contributed by atoms with E-state index in [2.05, 4.69) is 10.6 Å². The highest BCUT2D eigenvalue weighted by Gasteiger charge is 2.35. The van der Waals surface area contributed by atoms with E-state index in [4.69, 9.17) is 4.74 Å². The molecule has 0 radical (unpaired) electrons. The molecule has 3 N–H and O–H groups in total.